The fourth-order valence-electron chi connectivity index (χ4n) is 3.33. The number of nitrogens with one attached hydrogen (secondary N) is 1. The van der Waals surface area contributed by atoms with E-state index < -0.39 is 5.97 Å². The molecule has 4 aromatic rings. The smallest absolute Gasteiger partial charge is 0.340 e. The SMILES string of the molecule is COC(=O)c1cc(Cl)ccc1NC(=O)Cc1ccc(Oc2ccc(OCc3ccccc3)cc2)nc1. The first-order chi connectivity index (χ1) is 17.5. The number of rotatable bonds is 9. The van der Waals surface area contributed by atoms with Gasteiger partial charge in [0, 0.05) is 17.3 Å². The lowest BCUT2D eigenvalue weighted by atomic mass is 10.1. The van der Waals surface area contributed by atoms with E-state index in [1.54, 1.807) is 42.6 Å². The minimum absolute atomic E-state index is 0.0595. The van der Waals surface area contributed by atoms with E-state index in [4.69, 9.17) is 25.8 Å². The molecule has 7 nitrogen and oxygen atoms in total. The second kappa shape index (κ2) is 11.9. The fraction of sp³-hybridized carbons (Fsp3) is 0.107. The lowest BCUT2D eigenvalue weighted by Crippen LogP contribution is -2.17. The van der Waals surface area contributed by atoms with Gasteiger partial charge >= 0.3 is 5.97 Å². The van der Waals surface area contributed by atoms with Crippen molar-refractivity contribution in [3.8, 4) is 17.4 Å². The van der Waals surface area contributed by atoms with Gasteiger partial charge in [0.25, 0.3) is 0 Å². The minimum Gasteiger partial charge on any atom is -0.489 e. The summed E-state index contributed by atoms with van der Waals surface area (Å²) in [5, 5.41) is 3.08. The average Bonchev–Trinajstić information content (AvgIpc) is 2.90. The summed E-state index contributed by atoms with van der Waals surface area (Å²) in [4.78, 5) is 28.8. The molecular weight excluding hydrogens is 480 g/mol. The molecule has 1 heterocycles. The summed E-state index contributed by atoms with van der Waals surface area (Å²) in [6, 6.07) is 25.2. The van der Waals surface area contributed by atoms with Crippen LogP contribution in [0.15, 0.2) is 91.1 Å². The van der Waals surface area contributed by atoms with E-state index in [9.17, 15) is 9.59 Å². The van der Waals surface area contributed by atoms with Crippen molar-refractivity contribution >= 4 is 29.2 Å². The van der Waals surface area contributed by atoms with Gasteiger partial charge in [-0.05, 0) is 53.6 Å². The van der Waals surface area contributed by atoms with Crippen molar-refractivity contribution < 1.29 is 23.8 Å². The summed E-state index contributed by atoms with van der Waals surface area (Å²) in [6.45, 7) is 0.486. The van der Waals surface area contributed by atoms with E-state index >= 15 is 0 Å². The third kappa shape index (κ3) is 6.84. The first-order valence-corrected chi connectivity index (χ1v) is 11.5. The van der Waals surface area contributed by atoms with Crippen LogP contribution < -0.4 is 14.8 Å². The first kappa shape index (κ1) is 24.8. The Labute approximate surface area is 213 Å². The molecular formula is C28H23ClN2O5. The highest BCUT2D eigenvalue weighted by Crippen LogP contribution is 2.24. The Hall–Kier alpha value is -4.36. The molecule has 1 aromatic heterocycles. The number of benzene rings is 3. The highest BCUT2D eigenvalue weighted by Gasteiger charge is 2.15. The summed E-state index contributed by atoms with van der Waals surface area (Å²) in [7, 11) is 1.26. The number of anilines is 1. The zero-order valence-electron chi connectivity index (χ0n) is 19.4. The number of carbonyl (C=O) groups is 2. The molecule has 0 aliphatic heterocycles. The highest BCUT2D eigenvalue weighted by molar-refractivity contribution is 6.31. The molecule has 8 heteroatoms. The molecule has 36 heavy (non-hydrogen) atoms. The Balaban J connectivity index is 1.31. The number of amides is 1. The van der Waals surface area contributed by atoms with Crippen molar-refractivity contribution in [3.63, 3.8) is 0 Å². The van der Waals surface area contributed by atoms with Gasteiger partial charge in [-0.25, -0.2) is 9.78 Å². The van der Waals surface area contributed by atoms with Crippen LogP contribution in [0.2, 0.25) is 5.02 Å². The Bertz CT molecular complexity index is 1330. The van der Waals surface area contributed by atoms with Crippen LogP contribution in [-0.4, -0.2) is 24.0 Å². The number of pyridine rings is 1. The molecule has 0 saturated carbocycles. The van der Waals surface area contributed by atoms with Crippen LogP contribution in [0.25, 0.3) is 0 Å². The Morgan fingerprint density at radius 3 is 2.33 bits per heavy atom. The van der Waals surface area contributed by atoms with Gasteiger partial charge in [0.1, 0.15) is 18.1 Å². The molecule has 0 aliphatic rings. The zero-order valence-corrected chi connectivity index (χ0v) is 20.2. The van der Waals surface area contributed by atoms with Gasteiger partial charge in [-0.15, -0.1) is 0 Å². The summed E-state index contributed by atoms with van der Waals surface area (Å²) >= 11 is 5.96. The lowest BCUT2D eigenvalue weighted by Gasteiger charge is -2.11. The van der Waals surface area contributed by atoms with Gasteiger partial charge in [-0.2, -0.15) is 0 Å². The van der Waals surface area contributed by atoms with E-state index in [0.717, 1.165) is 11.3 Å². The van der Waals surface area contributed by atoms with Crippen LogP contribution in [0.1, 0.15) is 21.5 Å². The van der Waals surface area contributed by atoms with Crippen molar-refractivity contribution in [2.24, 2.45) is 0 Å². The molecule has 0 atom stereocenters. The topological polar surface area (TPSA) is 86.8 Å². The molecule has 1 amide bonds. The molecule has 3 aromatic carbocycles. The molecule has 0 fully saturated rings. The van der Waals surface area contributed by atoms with E-state index in [1.807, 2.05) is 42.5 Å². The van der Waals surface area contributed by atoms with E-state index in [1.165, 1.54) is 13.2 Å². The number of ether oxygens (including phenoxy) is 3. The Morgan fingerprint density at radius 2 is 1.64 bits per heavy atom. The fourth-order valence-corrected chi connectivity index (χ4v) is 3.50. The van der Waals surface area contributed by atoms with Crippen LogP contribution in [0.3, 0.4) is 0 Å². The third-order valence-electron chi connectivity index (χ3n) is 5.12. The van der Waals surface area contributed by atoms with Gasteiger partial charge in [0.15, 0.2) is 0 Å². The first-order valence-electron chi connectivity index (χ1n) is 11.1. The number of methoxy groups -OCH3 is 1. The minimum atomic E-state index is -0.591. The van der Waals surface area contributed by atoms with Crippen LogP contribution in [0.4, 0.5) is 5.69 Å². The van der Waals surface area contributed by atoms with Crippen LogP contribution in [0.5, 0.6) is 17.4 Å². The molecule has 0 saturated heterocycles. The summed E-state index contributed by atoms with van der Waals surface area (Å²) in [5.74, 6) is 0.827. The van der Waals surface area contributed by atoms with Crippen LogP contribution >= 0.6 is 11.6 Å². The number of hydrogen-bond donors (Lipinski definition) is 1. The second-order valence-corrected chi connectivity index (χ2v) is 8.20. The summed E-state index contributed by atoms with van der Waals surface area (Å²) in [6.07, 6.45) is 1.62. The van der Waals surface area contributed by atoms with E-state index in [2.05, 4.69) is 10.3 Å². The Morgan fingerprint density at radius 1 is 0.889 bits per heavy atom. The molecule has 0 bridgehead atoms. The summed E-state index contributed by atoms with van der Waals surface area (Å²) in [5.41, 5.74) is 2.27. The predicted octanol–water partition coefficient (Wildman–Crippen LogP) is 6.07. The molecule has 0 radical (unpaired) electrons. The summed E-state index contributed by atoms with van der Waals surface area (Å²) < 4.78 is 16.3. The zero-order chi connectivity index (χ0) is 25.3. The third-order valence-corrected chi connectivity index (χ3v) is 5.35. The highest BCUT2D eigenvalue weighted by atomic mass is 35.5. The molecule has 0 aliphatic carbocycles. The maximum atomic E-state index is 12.5. The molecule has 1 N–H and O–H groups in total. The standard InChI is InChI=1S/C28H23ClN2O5/c1-34-28(33)24-16-21(29)8-13-25(24)31-26(32)15-20-7-14-27(30-17-20)36-23-11-9-22(10-12-23)35-18-19-5-3-2-4-6-19/h2-14,16-17H,15,18H2,1H3,(H,31,32). The number of aromatic nitrogens is 1. The second-order valence-electron chi connectivity index (χ2n) is 7.76. The van der Waals surface area contributed by atoms with Gasteiger partial charge in [0.05, 0.1) is 24.8 Å². The van der Waals surface area contributed by atoms with E-state index in [0.29, 0.717) is 34.5 Å². The average molecular weight is 503 g/mol. The van der Waals surface area contributed by atoms with Crippen molar-refractivity contribution in [2.45, 2.75) is 13.0 Å². The van der Waals surface area contributed by atoms with Crippen molar-refractivity contribution in [1.29, 1.82) is 0 Å². The molecule has 182 valence electrons. The maximum Gasteiger partial charge on any atom is 0.340 e. The largest absolute Gasteiger partial charge is 0.489 e. The number of esters is 1. The van der Waals surface area contributed by atoms with Gasteiger partial charge in [-0.1, -0.05) is 48.0 Å². The van der Waals surface area contributed by atoms with Crippen molar-refractivity contribution in [2.75, 3.05) is 12.4 Å². The van der Waals surface area contributed by atoms with Gasteiger partial charge < -0.3 is 19.5 Å². The van der Waals surface area contributed by atoms with Gasteiger partial charge in [0.2, 0.25) is 11.8 Å². The van der Waals surface area contributed by atoms with Crippen LogP contribution in [-0.2, 0) is 22.6 Å². The normalized spacial score (nSPS) is 10.4. The van der Waals surface area contributed by atoms with Crippen molar-refractivity contribution in [1.82, 2.24) is 4.98 Å². The number of nitrogens with zero attached hydrogens (tertiary/aromatic N) is 1. The monoisotopic (exact) mass is 502 g/mol. The predicted molar refractivity (Wildman–Crippen MR) is 137 cm³/mol. The van der Waals surface area contributed by atoms with Crippen LogP contribution in [0, 0.1) is 0 Å². The quantitative estimate of drug-likeness (QED) is 0.279. The Kier molecular flexibility index (Phi) is 8.16. The number of halogens is 1. The number of carbonyl (C=O) groups excluding carboxylic acids is 2. The maximum absolute atomic E-state index is 12.5. The number of hydrogen-bond acceptors (Lipinski definition) is 6. The molecule has 0 unspecified atom stereocenters. The van der Waals surface area contributed by atoms with Gasteiger partial charge in [-0.3, -0.25) is 4.79 Å². The van der Waals surface area contributed by atoms with Crippen molar-refractivity contribution in [3.05, 3.63) is 113 Å². The van der Waals surface area contributed by atoms with E-state index in [-0.39, 0.29) is 17.9 Å². The molecule has 0 spiro atoms. The molecule has 4 rings (SSSR count). The lowest BCUT2D eigenvalue weighted by molar-refractivity contribution is -0.115.